The molecule has 0 radical (unpaired) electrons. The molecule has 0 atom stereocenters. The highest BCUT2D eigenvalue weighted by Crippen LogP contribution is 2.32. The Balaban J connectivity index is 2.24. The van der Waals surface area contributed by atoms with Gasteiger partial charge in [-0.15, -0.1) is 0 Å². The quantitative estimate of drug-likeness (QED) is 0.701. The van der Waals surface area contributed by atoms with Crippen LogP contribution in [0.15, 0.2) is 48.5 Å². The van der Waals surface area contributed by atoms with Crippen LogP contribution in [-0.4, -0.2) is 15.9 Å². The van der Waals surface area contributed by atoms with E-state index in [-0.39, 0.29) is 22.2 Å². The zero-order valence-electron chi connectivity index (χ0n) is 13.8. The van der Waals surface area contributed by atoms with Crippen molar-refractivity contribution in [3.05, 3.63) is 71.2 Å². The van der Waals surface area contributed by atoms with Crippen molar-refractivity contribution in [1.82, 2.24) is 4.98 Å². The normalized spacial score (nSPS) is 11.7. The molecule has 0 saturated heterocycles. The van der Waals surface area contributed by atoms with Crippen molar-refractivity contribution >= 4 is 16.7 Å². The SMILES string of the molecule is CC(C)(C)c1ccc2cc(O)c(C(=O)c3ccccc3)c(F)c2n1. The molecule has 0 saturated carbocycles. The number of nitrogens with zero attached hydrogens (tertiary/aromatic N) is 1. The minimum Gasteiger partial charge on any atom is -0.507 e. The number of carbonyl (C=O) groups is 1. The van der Waals surface area contributed by atoms with Crippen molar-refractivity contribution in [1.29, 1.82) is 0 Å². The van der Waals surface area contributed by atoms with Gasteiger partial charge in [0.25, 0.3) is 0 Å². The molecule has 122 valence electrons. The molecule has 0 bridgehead atoms. The minimum atomic E-state index is -0.787. The number of aromatic hydroxyl groups is 1. The van der Waals surface area contributed by atoms with Crippen LogP contribution in [0.1, 0.15) is 42.4 Å². The molecule has 0 spiro atoms. The predicted molar refractivity (Wildman–Crippen MR) is 91.9 cm³/mol. The fourth-order valence-corrected chi connectivity index (χ4v) is 2.58. The van der Waals surface area contributed by atoms with E-state index in [1.54, 1.807) is 42.5 Å². The molecule has 24 heavy (non-hydrogen) atoms. The number of phenols is 1. The van der Waals surface area contributed by atoms with E-state index in [1.165, 1.54) is 6.07 Å². The van der Waals surface area contributed by atoms with Crippen LogP contribution in [0.3, 0.4) is 0 Å². The standard InChI is InChI=1S/C20H18FNO2/c1-20(2,3)15-10-9-13-11-14(23)16(17(21)18(13)22-15)19(24)12-7-5-4-6-8-12/h4-11,23H,1-3H3. The van der Waals surface area contributed by atoms with E-state index in [9.17, 15) is 14.3 Å². The lowest BCUT2D eigenvalue weighted by atomic mass is 9.91. The number of halogens is 1. The fraction of sp³-hybridized carbons (Fsp3) is 0.200. The van der Waals surface area contributed by atoms with Crippen LogP contribution < -0.4 is 0 Å². The van der Waals surface area contributed by atoms with Crippen LogP contribution in [-0.2, 0) is 5.41 Å². The van der Waals surface area contributed by atoms with Crippen molar-refractivity contribution in [3.8, 4) is 5.75 Å². The Hall–Kier alpha value is -2.75. The first kappa shape index (κ1) is 16.1. The summed E-state index contributed by atoms with van der Waals surface area (Å²) in [6.07, 6.45) is 0. The average molecular weight is 323 g/mol. The number of pyridine rings is 1. The molecule has 0 fully saturated rings. The molecule has 1 aromatic heterocycles. The second kappa shape index (κ2) is 5.71. The van der Waals surface area contributed by atoms with E-state index in [0.717, 1.165) is 5.69 Å². The van der Waals surface area contributed by atoms with Crippen molar-refractivity contribution < 1.29 is 14.3 Å². The number of ketones is 1. The summed E-state index contributed by atoms with van der Waals surface area (Å²) in [5, 5.41) is 10.6. The third kappa shape index (κ3) is 2.75. The molecule has 1 heterocycles. The third-order valence-electron chi connectivity index (χ3n) is 3.93. The number of hydrogen-bond acceptors (Lipinski definition) is 3. The van der Waals surface area contributed by atoms with Gasteiger partial charge >= 0.3 is 0 Å². The molecule has 0 amide bonds. The van der Waals surface area contributed by atoms with Crippen LogP contribution in [0.25, 0.3) is 10.9 Å². The molecule has 3 rings (SSSR count). The number of carbonyl (C=O) groups excluding carboxylic acids is 1. The summed E-state index contributed by atoms with van der Waals surface area (Å²) in [6.45, 7) is 5.94. The van der Waals surface area contributed by atoms with Gasteiger partial charge in [0.1, 0.15) is 16.8 Å². The highest BCUT2D eigenvalue weighted by molar-refractivity contribution is 6.12. The van der Waals surface area contributed by atoms with E-state index < -0.39 is 11.6 Å². The lowest BCUT2D eigenvalue weighted by molar-refractivity contribution is 0.103. The van der Waals surface area contributed by atoms with Crippen molar-refractivity contribution in [3.63, 3.8) is 0 Å². The smallest absolute Gasteiger partial charge is 0.199 e. The Morgan fingerprint density at radius 2 is 1.75 bits per heavy atom. The Bertz CT molecular complexity index is 928. The predicted octanol–water partition coefficient (Wildman–Crippen LogP) is 4.61. The third-order valence-corrected chi connectivity index (χ3v) is 3.93. The van der Waals surface area contributed by atoms with Gasteiger partial charge in [0, 0.05) is 22.1 Å². The topological polar surface area (TPSA) is 50.2 Å². The van der Waals surface area contributed by atoms with E-state index >= 15 is 0 Å². The maximum absolute atomic E-state index is 15.0. The van der Waals surface area contributed by atoms with Crippen LogP contribution in [0.5, 0.6) is 5.75 Å². The summed E-state index contributed by atoms with van der Waals surface area (Å²) in [4.78, 5) is 17.0. The molecular weight excluding hydrogens is 305 g/mol. The molecular formula is C20H18FNO2. The summed E-state index contributed by atoms with van der Waals surface area (Å²) in [6, 6.07) is 13.2. The molecule has 4 heteroatoms. The van der Waals surface area contributed by atoms with Crippen LogP contribution in [0.2, 0.25) is 0 Å². The second-order valence-corrected chi connectivity index (χ2v) is 6.80. The lowest BCUT2D eigenvalue weighted by Gasteiger charge is -2.18. The summed E-state index contributed by atoms with van der Waals surface area (Å²) in [5.41, 5.74) is 0.546. The molecule has 3 nitrogen and oxygen atoms in total. The molecule has 0 aliphatic rings. The first-order valence-corrected chi connectivity index (χ1v) is 7.71. The second-order valence-electron chi connectivity index (χ2n) is 6.80. The van der Waals surface area contributed by atoms with Gasteiger partial charge in [0.05, 0.1) is 0 Å². The summed E-state index contributed by atoms with van der Waals surface area (Å²) < 4.78 is 15.0. The number of benzene rings is 2. The first-order valence-electron chi connectivity index (χ1n) is 7.71. The Morgan fingerprint density at radius 1 is 1.08 bits per heavy atom. The van der Waals surface area contributed by atoms with Gasteiger partial charge in [-0.2, -0.15) is 0 Å². The zero-order valence-corrected chi connectivity index (χ0v) is 13.8. The van der Waals surface area contributed by atoms with E-state index in [4.69, 9.17) is 0 Å². The number of phenolic OH excluding ortho intramolecular Hbond substituents is 1. The molecule has 0 unspecified atom stereocenters. The van der Waals surface area contributed by atoms with E-state index in [2.05, 4.69) is 4.98 Å². The van der Waals surface area contributed by atoms with Crippen LogP contribution in [0.4, 0.5) is 4.39 Å². The fourth-order valence-electron chi connectivity index (χ4n) is 2.58. The minimum absolute atomic E-state index is 0.0968. The molecule has 2 aromatic carbocycles. The number of aromatic nitrogens is 1. The zero-order chi connectivity index (χ0) is 17.5. The lowest BCUT2D eigenvalue weighted by Crippen LogP contribution is -2.14. The van der Waals surface area contributed by atoms with Crippen LogP contribution in [0, 0.1) is 5.82 Å². The molecule has 1 N–H and O–H groups in total. The van der Waals surface area contributed by atoms with Gasteiger partial charge < -0.3 is 5.11 Å². The van der Waals surface area contributed by atoms with Crippen molar-refractivity contribution in [2.24, 2.45) is 0 Å². The van der Waals surface area contributed by atoms with E-state index in [0.29, 0.717) is 10.9 Å². The number of rotatable bonds is 2. The van der Waals surface area contributed by atoms with Crippen molar-refractivity contribution in [2.75, 3.05) is 0 Å². The maximum Gasteiger partial charge on any atom is 0.199 e. The molecule has 0 aliphatic heterocycles. The maximum atomic E-state index is 15.0. The van der Waals surface area contributed by atoms with Gasteiger partial charge in [-0.3, -0.25) is 4.79 Å². The summed E-state index contributed by atoms with van der Waals surface area (Å²) >= 11 is 0. The van der Waals surface area contributed by atoms with E-state index in [1.807, 2.05) is 20.8 Å². The van der Waals surface area contributed by atoms with Gasteiger partial charge in [0.2, 0.25) is 0 Å². The summed E-state index contributed by atoms with van der Waals surface area (Å²) in [7, 11) is 0. The monoisotopic (exact) mass is 323 g/mol. The molecule has 0 aliphatic carbocycles. The summed E-state index contributed by atoms with van der Waals surface area (Å²) in [5.74, 6) is -1.72. The highest BCUT2D eigenvalue weighted by Gasteiger charge is 2.23. The Morgan fingerprint density at radius 3 is 2.38 bits per heavy atom. The average Bonchev–Trinajstić information content (AvgIpc) is 2.54. The highest BCUT2D eigenvalue weighted by atomic mass is 19.1. The number of hydrogen-bond donors (Lipinski definition) is 1. The van der Waals surface area contributed by atoms with Crippen LogP contribution >= 0.6 is 0 Å². The van der Waals surface area contributed by atoms with Gasteiger partial charge in [-0.25, -0.2) is 9.37 Å². The number of fused-ring (bicyclic) bond motifs is 1. The Labute approximate surface area is 139 Å². The largest absolute Gasteiger partial charge is 0.507 e. The van der Waals surface area contributed by atoms with Gasteiger partial charge in [-0.1, -0.05) is 57.2 Å². The Kier molecular flexibility index (Phi) is 3.84. The molecule has 3 aromatic rings. The first-order chi connectivity index (χ1) is 11.3. The van der Waals surface area contributed by atoms with Crippen molar-refractivity contribution in [2.45, 2.75) is 26.2 Å². The van der Waals surface area contributed by atoms with Gasteiger partial charge in [-0.05, 0) is 12.1 Å². The van der Waals surface area contributed by atoms with Gasteiger partial charge in [0.15, 0.2) is 11.6 Å².